The van der Waals surface area contributed by atoms with E-state index in [1.165, 1.54) is 6.08 Å². The smallest absolute Gasteiger partial charge is 0.410 e. The van der Waals surface area contributed by atoms with Gasteiger partial charge in [-0.2, -0.15) is 0 Å². The van der Waals surface area contributed by atoms with Gasteiger partial charge in [0.25, 0.3) is 0 Å². The third kappa shape index (κ3) is 8.23. The van der Waals surface area contributed by atoms with Gasteiger partial charge in [-0.3, -0.25) is 9.69 Å². The summed E-state index contributed by atoms with van der Waals surface area (Å²) in [5, 5.41) is 8.63. The first-order chi connectivity index (χ1) is 8.11. The molecule has 0 unspecified atom stereocenters. The largest absolute Gasteiger partial charge is 0.480 e. The van der Waals surface area contributed by atoms with Crippen molar-refractivity contribution in [2.45, 2.75) is 0 Å². The summed E-state index contributed by atoms with van der Waals surface area (Å²) >= 11 is 0. The Kier molecular flexibility index (Phi) is 8.71. The van der Waals surface area contributed by atoms with Crippen LogP contribution in [0.4, 0.5) is 4.79 Å². The van der Waals surface area contributed by atoms with Crippen LogP contribution in [-0.4, -0.2) is 61.5 Å². The number of carboxylic acid groups (broad SMARTS) is 1. The van der Waals surface area contributed by atoms with Crippen molar-refractivity contribution in [1.29, 1.82) is 0 Å². The average molecular weight is 246 g/mol. The highest BCUT2D eigenvalue weighted by Gasteiger charge is 2.17. The van der Waals surface area contributed by atoms with Crippen LogP contribution < -0.4 is 5.73 Å². The standard InChI is InChI=1S/C10H18N2O5/c1-2-5-17-10(15)12(8-9(13)14)4-7-16-6-3-11/h2H,1,3-8,11H2,(H,13,14). The lowest BCUT2D eigenvalue weighted by Crippen LogP contribution is -2.38. The minimum atomic E-state index is -1.11. The molecule has 0 fully saturated rings. The zero-order valence-electron chi connectivity index (χ0n) is 9.63. The molecule has 0 rings (SSSR count). The highest BCUT2D eigenvalue weighted by Crippen LogP contribution is 1.95. The van der Waals surface area contributed by atoms with E-state index < -0.39 is 18.6 Å². The maximum Gasteiger partial charge on any atom is 0.410 e. The Morgan fingerprint density at radius 3 is 2.65 bits per heavy atom. The summed E-state index contributed by atoms with van der Waals surface area (Å²) in [7, 11) is 0. The number of ether oxygens (including phenoxy) is 2. The summed E-state index contributed by atoms with van der Waals surface area (Å²) < 4.78 is 9.80. The molecule has 0 aliphatic rings. The Balaban J connectivity index is 4.07. The summed E-state index contributed by atoms with van der Waals surface area (Å²) in [4.78, 5) is 23.0. The van der Waals surface area contributed by atoms with Crippen LogP contribution in [-0.2, 0) is 14.3 Å². The molecule has 0 radical (unpaired) electrons. The molecule has 0 saturated heterocycles. The van der Waals surface area contributed by atoms with E-state index in [0.29, 0.717) is 13.2 Å². The van der Waals surface area contributed by atoms with Crippen LogP contribution in [0.1, 0.15) is 0 Å². The van der Waals surface area contributed by atoms with Crippen LogP contribution >= 0.6 is 0 Å². The molecule has 98 valence electrons. The van der Waals surface area contributed by atoms with Crippen LogP contribution in [0.3, 0.4) is 0 Å². The Bertz CT molecular complexity index is 257. The second-order valence-electron chi connectivity index (χ2n) is 3.08. The fraction of sp³-hybridized carbons (Fsp3) is 0.600. The lowest BCUT2D eigenvalue weighted by Gasteiger charge is -2.19. The van der Waals surface area contributed by atoms with E-state index in [9.17, 15) is 9.59 Å². The number of amides is 1. The topological polar surface area (TPSA) is 102 Å². The van der Waals surface area contributed by atoms with Gasteiger partial charge in [-0.15, -0.1) is 0 Å². The number of rotatable bonds is 9. The molecule has 7 nitrogen and oxygen atoms in total. The first-order valence-electron chi connectivity index (χ1n) is 5.14. The van der Waals surface area contributed by atoms with Crippen LogP contribution in [0.15, 0.2) is 12.7 Å². The van der Waals surface area contributed by atoms with Crippen molar-refractivity contribution in [1.82, 2.24) is 4.90 Å². The Labute approximate surface area is 99.8 Å². The second kappa shape index (κ2) is 9.61. The fourth-order valence-electron chi connectivity index (χ4n) is 0.980. The maximum atomic E-state index is 11.4. The van der Waals surface area contributed by atoms with E-state index in [4.69, 9.17) is 20.3 Å². The van der Waals surface area contributed by atoms with Crippen LogP contribution in [0, 0.1) is 0 Å². The minimum Gasteiger partial charge on any atom is -0.480 e. The van der Waals surface area contributed by atoms with E-state index >= 15 is 0 Å². The number of nitrogens with two attached hydrogens (primary N) is 1. The van der Waals surface area contributed by atoms with Gasteiger partial charge in [0.05, 0.1) is 13.2 Å². The van der Waals surface area contributed by atoms with Crippen molar-refractivity contribution in [3.05, 3.63) is 12.7 Å². The quantitative estimate of drug-likeness (QED) is 0.426. The first kappa shape index (κ1) is 15.4. The molecular formula is C10H18N2O5. The molecule has 0 spiro atoms. The molecular weight excluding hydrogens is 228 g/mol. The number of hydrogen-bond acceptors (Lipinski definition) is 5. The van der Waals surface area contributed by atoms with Crippen molar-refractivity contribution >= 4 is 12.1 Å². The van der Waals surface area contributed by atoms with Crippen molar-refractivity contribution < 1.29 is 24.2 Å². The zero-order chi connectivity index (χ0) is 13.1. The van der Waals surface area contributed by atoms with Gasteiger partial charge in [0.15, 0.2) is 0 Å². The second-order valence-corrected chi connectivity index (χ2v) is 3.08. The average Bonchev–Trinajstić information content (AvgIpc) is 2.29. The van der Waals surface area contributed by atoms with E-state index in [-0.39, 0.29) is 19.8 Å². The van der Waals surface area contributed by atoms with Gasteiger partial charge in [0.1, 0.15) is 13.2 Å². The maximum absolute atomic E-state index is 11.4. The fourth-order valence-corrected chi connectivity index (χ4v) is 0.980. The van der Waals surface area contributed by atoms with Gasteiger partial charge in [-0.05, 0) is 0 Å². The van der Waals surface area contributed by atoms with Gasteiger partial charge in [-0.1, -0.05) is 12.7 Å². The molecule has 1 amide bonds. The summed E-state index contributed by atoms with van der Waals surface area (Å²) in [5.41, 5.74) is 5.22. The summed E-state index contributed by atoms with van der Waals surface area (Å²) in [6.07, 6.45) is 0.700. The molecule has 0 bridgehead atoms. The van der Waals surface area contributed by atoms with Crippen molar-refractivity contribution in [2.24, 2.45) is 5.73 Å². The molecule has 7 heteroatoms. The molecule has 3 N–H and O–H groups in total. The Morgan fingerprint density at radius 1 is 1.41 bits per heavy atom. The molecule has 0 aromatic heterocycles. The van der Waals surface area contributed by atoms with Gasteiger partial charge in [-0.25, -0.2) is 4.79 Å². The third-order valence-corrected chi connectivity index (χ3v) is 1.68. The molecule has 0 heterocycles. The minimum absolute atomic E-state index is 0.0403. The summed E-state index contributed by atoms with van der Waals surface area (Å²) in [5.74, 6) is -1.11. The molecule has 17 heavy (non-hydrogen) atoms. The van der Waals surface area contributed by atoms with Crippen molar-refractivity contribution in [2.75, 3.05) is 39.5 Å². The molecule has 0 aromatic rings. The molecule has 0 atom stereocenters. The van der Waals surface area contributed by atoms with E-state index in [1.807, 2.05) is 0 Å². The van der Waals surface area contributed by atoms with Crippen molar-refractivity contribution in [3.63, 3.8) is 0 Å². The van der Waals surface area contributed by atoms with Crippen LogP contribution in [0.25, 0.3) is 0 Å². The number of nitrogens with zero attached hydrogens (tertiary/aromatic N) is 1. The zero-order valence-corrected chi connectivity index (χ0v) is 9.63. The molecule has 0 aromatic carbocycles. The van der Waals surface area contributed by atoms with Gasteiger partial charge < -0.3 is 20.3 Å². The summed E-state index contributed by atoms with van der Waals surface area (Å²) in [6, 6.07) is 0. The Hall–Kier alpha value is -1.60. The monoisotopic (exact) mass is 246 g/mol. The highest BCUT2D eigenvalue weighted by molar-refractivity contribution is 5.76. The predicted octanol–water partition coefficient (Wildman–Crippen LogP) is -0.329. The van der Waals surface area contributed by atoms with Gasteiger partial charge >= 0.3 is 12.1 Å². The summed E-state index contributed by atoms with van der Waals surface area (Å²) in [6.45, 7) is 4.10. The SMILES string of the molecule is C=CCOC(=O)N(CCOCCN)CC(=O)O. The number of carbonyl (C=O) groups is 2. The molecule has 0 saturated carbocycles. The number of carboxylic acids is 1. The number of hydrogen-bond donors (Lipinski definition) is 2. The van der Waals surface area contributed by atoms with E-state index in [0.717, 1.165) is 4.90 Å². The predicted molar refractivity (Wildman–Crippen MR) is 60.6 cm³/mol. The van der Waals surface area contributed by atoms with E-state index in [2.05, 4.69) is 6.58 Å². The molecule has 0 aliphatic heterocycles. The van der Waals surface area contributed by atoms with Gasteiger partial charge in [0.2, 0.25) is 0 Å². The molecule has 0 aliphatic carbocycles. The Morgan fingerprint density at radius 2 is 2.12 bits per heavy atom. The lowest BCUT2D eigenvalue weighted by atomic mass is 10.5. The van der Waals surface area contributed by atoms with E-state index in [1.54, 1.807) is 0 Å². The lowest BCUT2D eigenvalue weighted by molar-refractivity contribution is -0.138. The number of carbonyl (C=O) groups excluding carboxylic acids is 1. The number of aliphatic carboxylic acids is 1. The third-order valence-electron chi connectivity index (χ3n) is 1.68. The van der Waals surface area contributed by atoms with Crippen LogP contribution in [0.2, 0.25) is 0 Å². The van der Waals surface area contributed by atoms with Gasteiger partial charge in [0, 0.05) is 13.1 Å². The van der Waals surface area contributed by atoms with Crippen LogP contribution in [0.5, 0.6) is 0 Å². The van der Waals surface area contributed by atoms with Crippen molar-refractivity contribution in [3.8, 4) is 0 Å². The highest BCUT2D eigenvalue weighted by atomic mass is 16.6. The first-order valence-corrected chi connectivity index (χ1v) is 5.14. The normalized spacial score (nSPS) is 9.71.